The molecule has 0 fully saturated rings. The first-order valence-corrected chi connectivity index (χ1v) is 5.71. The fourth-order valence-electron chi connectivity index (χ4n) is 1.62. The minimum Gasteiger partial charge on any atom is -0.508 e. The lowest BCUT2D eigenvalue weighted by Crippen LogP contribution is -2.17. The van der Waals surface area contributed by atoms with Crippen molar-refractivity contribution >= 4 is 0 Å². The molecule has 96 valence electrons. The quantitative estimate of drug-likeness (QED) is 0.673. The monoisotopic (exact) mass is 248 g/mol. The van der Waals surface area contributed by atoms with Gasteiger partial charge >= 0.3 is 0 Å². The van der Waals surface area contributed by atoms with Crippen LogP contribution in [0, 0.1) is 0 Å². The Balaban J connectivity index is 1.78. The Kier molecular flexibility index (Phi) is 3.78. The molecule has 1 heterocycles. The molecule has 0 aliphatic rings. The molecule has 0 atom stereocenters. The molecule has 1 aromatic carbocycles. The number of aromatic hydroxyl groups is 2. The Morgan fingerprint density at radius 1 is 1.33 bits per heavy atom. The molecule has 0 amide bonds. The summed E-state index contributed by atoms with van der Waals surface area (Å²) in [5.41, 5.74) is 0.752. The van der Waals surface area contributed by atoms with Crippen molar-refractivity contribution in [3.8, 4) is 11.5 Å². The zero-order valence-corrected chi connectivity index (χ0v) is 10.2. The third-order valence-corrected chi connectivity index (χ3v) is 2.56. The third kappa shape index (κ3) is 3.21. The first-order chi connectivity index (χ1) is 8.65. The van der Waals surface area contributed by atoms with Crippen LogP contribution in [0.3, 0.4) is 0 Å². The molecule has 6 heteroatoms. The van der Waals surface area contributed by atoms with E-state index in [9.17, 15) is 5.11 Å². The minimum absolute atomic E-state index is 0.0638. The van der Waals surface area contributed by atoms with E-state index in [1.165, 1.54) is 6.07 Å². The minimum atomic E-state index is 0.0638. The molecule has 6 nitrogen and oxygen atoms in total. The van der Waals surface area contributed by atoms with Crippen LogP contribution in [0.2, 0.25) is 0 Å². The molecule has 0 saturated carbocycles. The molecule has 0 aliphatic carbocycles. The highest BCUT2D eigenvalue weighted by Gasteiger charge is 2.02. The van der Waals surface area contributed by atoms with Crippen LogP contribution in [-0.4, -0.2) is 31.5 Å². The Morgan fingerprint density at radius 2 is 2.17 bits per heavy atom. The summed E-state index contributed by atoms with van der Waals surface area (Å²) in [7, 11) is 1.83. The highest BCUT2D eigenvalue weighted by Crippen LogP contribution is 2.22. The lowest BCUT2D eigenvalue weighted by molar-refractivity contribution is 0.444. The van der Waals surface area contributed by atoms with Crippen molar-refractivity contribution in [3.63, 3.8) is 0 Å². The Morgan fingerprint density at radius 3 is 2.83 bits per heavy atom. The molecule has 2 rings (SSSR count). The number of hydrogen-bond donors (Lipinski definition) is 3. The molecule has 18 heavy (non-hydrogen) atoms. The van der Waals surface area contributed by atoms with Crippen molar-refractivity contribution in [2.24, 2.45) is 7.05 Å². The van der Waals surface area contributed by atoms with E-state index in [-0.39, 0.29) is 11.5 Å². The Labute approximate surface area is 105 Å². The fraction of sp³-hybridized carbons (Fsp3) is 0.333. The zero-order valence-electron chi connectivity index (χ0n) is 10.2. The van der Waals surface area contributed by atoms with Gasteiger partial charge in [-0.2, -0.15) is 5.10 Å². The van der Waals surface area contributed by atoms with Gasteiger partial charge in [-0.1, -0.05) is 6.07 Å². The van der Waals surface area contributed by atoms with Crippen LogP contribution >= 0.6 is 0 Å². The first-order valence-electron chi connectivity index (χ1n) is 5.71. The van der Waals surface area contributed by atoms with Gasteiger partial charge in [0.25, 0.3) is 0 Å². The van der Waals surface area contributed by atoms with Gasteiger partial charge in [0, 0.05) is 38.2 Å². The molecule has 2 aromatic rings. The van der Waals surface area contributed by atoms with E-state index >= 15 is 0 Å². The van der Waals surface area contributed by atoms with Crippen molar-refractivity contribution in [2.75, 3.05) is 6.54 Å². The van der Waals surface area contributed by atoms with Crippen molar-refractivity contribution in [1.82, 2.24) is 20.1 Å². The summed E-state index contributed by atoms with van der Waals surface area (Å²) in [5.74, 6) is 0.951. The number of rotatable bonds is 5. The standard InChI is InChI=1S/C12H16N4O2/c1-16-8-14-12(15-16)4-5-13-7-9-2-3-10(17)6-11(9)18/h2-3,6,8,13,17-18H,4-5,7H2,1H3. The summed E-state index contributed by atoms with van der Waals surface area (Å²) in [5, 5.41) is 26.1. The molecular weight excluding hydrogens is 232 g/mol. The number of aromatic nitrogens is 3. The summed E-state index contributed by atoms with van der Waals surface area (Å²) in [4.78, 5) is 4.12. The number of nitrogens with one attached hydrogen (secondary N) is 1. The van der Waals surface area contributed by atoms with Crippen molar-refractivity contribution in [1.29, 1.82) is 0 Å². The van der Waals surface area contributed by atoms with Gasteiger partial charge in [-0.05, 0) is 6.07 Å². The normalized spacial score (nSPS) is 10.7. The maximum atomic E-state index is 9.58. The fourth-order valence-corrected chi connectivity index (χ4v) is 1.62. The number of phenolic OH excluding ortho intramolecular Hbond substituents is 2. The van der Waals surface area contributed by atoms with Gasteiger partial charge in [0.15, 0.2) is 5.82 Å². The maximum Gasteiger partial charge on any atom is 0.151 e. The summed E-state index contributed by atoms with van der Waals surface area (Å²) in [6.07, 6.45) is 2.40. The SMILES string of the molecule is Cn1cnc(CCNCc2ccc(O)cc2O)n1. The highest BCUT2D eigenvalue weighted by atomic mass is 16.3. The average molecular weight is 248 g/mol. The van der Waals surface area contributed by atoms with Gasteiger partial charge in [0.1, 0.15) is 17.8 Å². The van der Waals surface area contributed by atoms with Crippen LogP contribution < -0.4 is 5.32 Å². The first kappa shape index (κ1) is 12.4. The molecule has 1 aromatic heterocycles. The molecule has 0 unspecified atom stereocenters. The van der Waals surface area contributed by atoms with E-state index in [2.05, 4.69) is 15.4 Å². The van der Waals surface area contributed by atoms with Crippen LogP contribution in [0.5, 0.6) is 11.5 Å². The number of phenols is 2. The van der Waals surface area contributed by atoms with E-state index in [4.69, 9.17) is 5.11 Å². The molecule has 3 N–H and O–H groups in total. The van der Waals surface area contributed by atoms with E-state index in [1.807, 2.05) is 7.05 Å². The predicted octanol–water partition coefficient (Wildman–Crippen LogP) is 0.559. The third-order valence-electron chi connectivity index (χ3n) is 2.56. The van der Waals surface area contributed by atoms with Gasteiger partial charge in [-0.15, -0.1) is 0 Å². The highest BCUT2D eigenvalue weighted by molar-refractivity contribution is 5.38. The lowest BCUT2D eigenvalue weighted by atomic mass is 10.2. The second-order valence-corrected chi connectivity index (χ2v) is 4.07. The van der Waals surface area contributed by atoms with Gasteiger partial charge in [0.05, 0.1) is 0 Å². The van der Waals surface area contributed by atoms with E-state index < -0.39 is 0 Å². The molecule has 0 spiro atoms. The van der Waals surface area contributed by atoms with Gasteiger partial charge < -0.3 is 15.5 Å². The molecule has 0 aliphatic heterocycles. The topological polar surface area (TPSA) is 83.2 Å². The number of nitrogens with zero attached hydrogens (tertiary/aromatic N) is 3. The van der Waals surface area contributed by atoms with Crippen LogP contribution in [-0.2, 0) is 20.0 Å². The Bertz CT molecular complexity index is 525. The van der Waals surface area contributed by atoms with Crippen molar-refractivity contribution < 1.29 is 10.2 Å². The maximum absolute atomic E-state index is 9.58. The van der Waals surface area contributed by atoms with Crippen LogP contribution in [0.4, 0.5) is 0 Å². The number of aryl methyl sites for hydroxylation is 1. The summed E-state index contributed by atoms with van der Waals surface area (Å²) < 4.78 is 1.67. The largest absolute Gasteiger partial charge is 0.508 e. The van der Waals surface area contributed by atoms with E-state index in [0.29, 0.717) is 6.54 Å². The predicted molar refractivity (Wildman–Crippen MR) is 66.2 cm³/mol. The molecular formula is C12H16N4O2. The van der Waals surface area contributed by atoms with Crippen LogP contribution in [0.15, 0.2) is 24.5 Å². The summed E-state index contributed by atoms with van der Waals surface area (Å²) in [6, 6.07) is 4.57. The lowest BCUT2D eigenvalue weighted by Gasteiger charge is -2.06. The van der Waals surface area contributed by atoms with Gasteiger partial charge in [0.2, 0.25) is 0 Å². The molecule has 0 bridgehead atoms. The number of hydrogen-bond acceptors (Lipinski definition) is 5. The number of benzene rings is 1. The summed E-state index contributed by atoms with van der Waals surface area (Å²) >= 11 is 0. The van der Waals surface area contributed by atoms with E-state index in [1.54, 1.807) is 23.1 Å². The van der Waals surface area contributed by atoms with Crippen LogP contribution in [0.1, 0.15) is 11.4 Å². The molecule has 0 saturated heterocycles. The van der Waals surface area contributed by atoms with Crippen LogP contribution in [0.25, 0.3) is 0 Å². The smallest absolute Gasteiger partial charge is 0.151 e. The summed E-state index contributed by atoms with van der Waals surface area (Å²) in [6.45, 7) is 1.27. The second kappa shape index (κ2) is 5.50. The van der Waals surface area contributed by atoms with Crippen molar-refractivity contribution in [2.45, 2.75) is 13.0 Å². The molecule has 0 radical (unpaired) electrons. The van der Waals surface area contributed by atoms with Gasteiger partial charge in [-0.3, -0.25) is 4.68 Å². The van der Waals surface area contributed by atoms with Gasteiger partial charge in [-0.25, -0.2) is 4.98 Å². The second-order valence-electron chi connectivity index (χ2n) is 4.07. The average Bonchev–Trinajstić information content (AvgIpc) is 2.73. The van der Waals surface area contributed by atoms with Crippen molar-refractivity contribution in [3.05, 3.63) is 35.9 Å². The Hall–Kier alpha value is -2.08. The van der Waals surface area contributed by atoms with E-state index in [0.717, 1.165) is 24.4 Å². The zero-order chi connectivity index (χ0) is 13.0.